The van der Waals surface area contributed by atoms with Crippen LogP contribution in [-0.2, 0) is 0 Å². The minimum absolute atomic E-state index is 0.111. The summed E-state index contributed by atoms with van der Waals surface area (Å²) in [6.07, 6.45) is 0. The highest BCUT2D eigenvalue weighted by Gasteiger charge is 2.12. The van der Waals surface area contributed by atoms with Crippen molar-refractivity contribution < 1.29 is 9.72 Å². The van der Waals surface area contributed by atoms with Crippen LogP contribution >= 0.6 is 0 Å². The summed E-state index contributed by atoms with van der Waals surface area (Å²) in [6.45, 7) is 0. The summed E-state index contributed by atoms with van der Waals surface area (Å²) in [7, 11) is 0. The van der Waals surface area contributed by atoms with E-state index in [4.69, 9.17) is 0 Å². The van der Waals surface area contributed by atoms with Crippen LogP contribution in [0.2, 0.25) is 0 Å². The van der Waals surface area contributed by atoms with E-state index in [1.54, 1.807) is 12.1 Å². The van der Waals surface area contributed by atoms with Gasteiger partial charge in [0.15, 0.2) is 5.36 Å². The second-order valence-corrected chi connectivity index (χ2v) is 4.91. The van der Waals surface area contributed by atoms with Gasteiger partial charge in [-0.25, -0.2) is 5.43 Å². The molecule has 0 fully saturated rings. The molecule has 0 saturated carbocycles. The fraction of sp³-hybridized carbons (Fsp3) is 0. The van der Waals surface area contributed by atoms with Crippen molar-refractivity contribution in [2.75, 3.05) is 0 Å². The van der Waals surface area contributed by atoms with Gasteiger partial charge < -0.3 is 0 Å². The first-order valence-corrected chi connectivity index (χ1v) is 6.80. The summed E-state index contributed by atoms with van der Waals surface area (Å²) in [6, 6.07) is 11.1. The molecule has 3 rings (SSSR count). The largest absolute Gasteiger partial charge is 0.287 e. The monoisotopic (exact) mass is 323 g/mol. The van der Waals surface area contributed by atoms with Crippen LogP contribution in [0.4, 0.5) is 5.69 Å². The highest BCUT2D eigenvalue weighted by molar-refractivity contribution is 5.94. The SMILES string of the molecule is O=C(NN=c1c(=O)c2ccccc2c1=O)c1ccc([N+](=O)[O-])cc1. The van der Waals surface area contributed by atoms with Crippen LogP contribution in [0.1, 0.15) is 10.4 Å². The van der Waals surface area contributed by atoms with Gasteiger partial charge in [0, 0.05) is 28.5 Å². The molecule has 0 radical (unpaired) electrons. The minimum atomic E-state index is -0.686. The predicted octanol–water partition coefficient (Wildman–Crippen LogP) is 0.590. The number of nitrogens with zero attached hydrogens (tertiary/aromatic N) is 2. The summed E-state index contributed by atoms with van der Waals surface area (Å²) in [5.74, 6) is -0.686. The van der Waals surface area contributed by atoms with Crippen molar-refractivity contribution in [3.63, 3.8) is 0 Å². The first kappa shape index (κ1) is 15.2. The average Bonchev–Trinajstić information content (AvgIpc) is 2.84. The van der Waals surface area contributed by atoms with Gasteiger partial charge in [0.2, 0.25) is 10.9 Å². The number of amides is 1. The van der Waals surface area contributed by atoms with Crippen molar-refractivity contribution in [2.24, 2.45) is 5.10 Å². The minimum Gasteiger partial charge on any atom is -0.287 e. The lowest BCUT2D eigenvalue weighted by atomic mass is 10.2. The van der Waals surface area contributed by atoms with E-state index in [1.165, 1.54) is 36.4 Å². The molecule has 8 nitrogen and oxygen atoms in total. The Labute approximate surface area is 133 Å². The van der Waals surface area contributed by atoms with Gasteiger partial charge in [-0.2, -0.15) is 5.10 Å². The molecule has 8 heteroatoms. The van der Waals surface area contributed by atoms with Gasteiger partial charge in [0.25, 0.3) is 11.6 Å². The molecule has 0 heterocycles. The lowest BCUT2D eigenvalue weighted by Gasteiger charge is -1.98. The molecule has 0 aromatic heterocycles. The van der Waals surface area contributed by atoms with Crippen molar-refractivity contribution in [3.05, 3.63) is 90.0 Å². The second-order valence-electron chi connectivity index (χ2n) is 4.91. The van der Waals surface area contributed by atoms with Gasteiger partial charge in [-0.3, -0.25) is 24.5 Å². The fourth-order valence-electron chi connectivity index (χ4n) is 2.24. The van der Waals surface area contributed by atoms with Crippen LogP contribution in [0.5, 0.6) is 0 Å². The van der Waals surface area contributed by atoms with E-state index in [2.05, 4.69) is 10.5 Å². The van der Waals surface area contributed by atoms with Gasteiger partial charge in [-0.1, -0.05) is 24.3 Å². The third kappa shape index (κ3) is 2.56. The van der Waals surface area contributed by atoms with Crippen molar-refractivity contribution in [3.8, 4) is 0 Å². The highest BCUT2D eigenvalue weighted by Crippen LogP contribution is 2.11. The molecule has 0 spiro atoms. The molecule has 1 amide bonds. The number of nitro benzene ring substituents is 1. The Morgan fingerprint density at radius 3 is 2.00 bits per heavy atom. The summed E-state index contributed by atoms with van der Waals surface area (Å²) < 4.78 is 0. The van der Waals surface area contributed by atoms with E-state index in [1.807, 2.05) is 0 Å². The maximum absolute atomic E-state index is 12.1. The number of nitrogens with one attached hydrogen (secondary N) is 1. The van der Waals surface area contributed by atoms with Crippen LogP contribution in [-0.4, -0.2) is 10.8 Å². The van der Waals surface area contributed by atoms with Gasteiger partial charge in [-0.05, 0) is 12.1 Å². The second kappa shape index (κ2) is 5.84. The molecule has 0 saturated heterocycles. The molecule has 0 aliphatic rings. The molecule has 1 N–H and O–H groups in total. The van der Waals surface area contributed by atoms with E-state index in [-0.39, 0.29) is 27.4 Å². The fourth-order valence-corrected chi connectivity index (χ4v) is 2.24. The Hall–Kier alpha value is -3.68. The van der Waals surface area contributed by atoms with Crippen molar-refractivity contribution in [2.45, 2.75) is 0 Å². The first-order chi connectivity index (χ1) is 11.5. The van der Waals surface area contributed by atoms with Crippen LogP contribution in [0, 0.1) is 10.1 Å². The first-order valence-electron chi connectivity index (χ1n) is 6.80. The Balaban J connectivity index is 1.93. The van der Waals surface area contributed by atoms with Gasteiger partial charge in [0.05, 0.1) is 4.92 Å². The number of hydrogen-bond donors (Lipinski definition) is 1. The number of benzene rings is 2. The Morgan fingerprint density at radius 2 is 1.50 bits per heavy atom. The number of carbonyl (C=O) groups excluding carboxylic acids is 1. The molecule has 0 atom stereocenters. The zero-order chi connectivity index (χ0) is 17.3. The Bertz CT molecular complexity index is 1060. The van der Waals surface area contributed by atoms with E-state index >= 15 is 0 Å². The summed E-state index contributed by atoms with van der Waals surface area (Å²) in [5, 5.41) is 14.3. The van der Waals surface area contributed by atoms with Crippen molar-refractivity contribution >= 4 is 22.4 Å². The van der Waals surface area contributed by atoms with Crippen LogP contribution in [0.15, 0.2) is 63.2 Å². The standard InChI is InChI=1S/C16H9N3O5/c20-14-11-3-1-2-4-12(11)15(21)13(14)17-18-16(22)9-5-7-10(8-6-9)19(23)24/h1-8H,(H,18,22). The summed E-state index contributed by atoms with van der Waals surface area (Å²) >= 11 is 0. The third-order valence-corrected chi connectivity index (χ3v) is 3.46. The van der Waals surface area contributed by atoms with Crippen molar-refractivity contribution in [1.29, 1.82) is 0 Å². The maximum Gasteiger partial charge on any atom is 0.271 e. The lowest BCUT2D eigenvalue weighted by molar-refractivity contribution is -0.384. The van der Waals surface area contributed by atoms with Gasteiger partial charge in [0.1, 0.15) is 0 Å². The smallest absolute Gasteiger partial charge is 0.271 e. The van der Waals surface area contributed by atoms with E-state index < -0.39 is 21.7 Å². The van der Waals surface area contributed by atoms with E-state index in [0.717, 1.165) is 0 Å². The molecule has 24 heavy (non-hydrogen) atoms. The molecule has 3 aromatic rings. The molecule has 0 unspecified atom stereocenters. The van der Waals surface area contributed by atoms with E-state index in [9.17, 15) is 24.5 Å². The summed E-state index contributed by atoms with van der Waals surface area (Å²) in [5.41, 5.74) is 0.964. The number of rotatable bonds is 3. The molecular formula is C16H9N3O5. The molecule has 3 aromatic carbocycles. The van der Waals surface area contributed by atoms with Gasteiger partial charge >= 0.3 is 0 Å². The Morgan fingerprint density at radius 1 is 0.958 bits per heavy atom. The zero-order valence-electron chi connectivity index (χ0n) is 12.1. The quantitative estimate of drug-likeness (QED) is 0.559. The van der Waals surface area contributed by atoms with Crippen molar-refractivity contribution in [1.82, 2.24) is 5.43 Å². The molecule has 118 valence electrons. The molecule has 0 bridgehead atoms. The normalized spacial score (nSPS) is 10.5. The molecule has 0 aliphatic heterocycles. The Kier molecular flexibility index (Phi) is 3.70. The number of carbonyl (C=O) groups is 1. The number of fused-ring (bicyclic) bond motifs is 1. The molecular weight excluding hydrogens is 314 g/mol. The number of hydrogen-bond acceptors (Lipinski definition) is 6. The highest BCUT2D eigenvalue weighted by atomic mass is 16.6. The summed E-state index contributed by atoms with van der Waals surface area (Å²) in [4.78, 5) is 46.1. The topological polar surface area (TPSA) is 119 Å². The van der Waals surface area contributed by atoms with E-state index in [0.29, 0.717) is 0 Å². The van der Waals surface area contributed by atoms with Gasteiger partial charge in [-0.15, -0.1) is 0 Å². The van der Waals surface area contributed by atoms with Crippen LogP contribution < -0.4 is 21.6 Å². The predicted molar refractivity (Wildman–Crippen MR) is 85.0 cm³/mol. The number of nitro groups is 1. The number of non-ortho nitro benzene ring substituents is 1. The van der Waals surface area contributed by atoms with Crippen LogP contribution in [0.3, 0.4) is 0 Å². The molecule has 0 aliphatic carbocycles. The maximum atomic E-state index is 12.1. The van der Waals surface area contributed by atoms with Crippen LogP contribution in [0.25, 0.3) is 10.8 Å². The third-order valence-electron chi connectivity index (χ3n) is 3.46. The zero-order valence-corrected chi connectivity index (χ0v) is 12.1. The average molecular weight is 323 g/mol. The lowest BCUT2D eigenvalue weighted by Crippen LogP contribution is -2.35.